The summed E-state index contributed by atoms with van der Waals surface area (Å²) in [6.07, 6.45) is 4.45. The van der Waals surface area contributed by atoms with Gasteiger partial charge >= 0.3 is 0 Å². The minimum atomic E-state index is -2.83. The van der Waals surface area contributed by atoms with Crippen molar-refractivity contribution >= 4 is 39.8 Å². The van der Waals surface area contributed by atoms with Gasteiger partial charge in [-0.1, -0.05) is 13.8 Å². The molecule has 3 saturated heterocycles. The van der Waals surface area contributed by atoms with Crippen LogP contribution in [-0.4, -0.2) is 69.7 Å². The van der Waals surface area contributed by atoms with Gasteiger partial charge in [0.05, 0.1) is 17.6 Å². The molecule has 26 heavy (non-hydrogen) atoms. The van der Waals surface area contributed by atoms with Gasteiger partial charge in [0.1, 0.15) is 0 Å². The van der Waals surface area contributed by atoms with Crippen molar-refractivity contribution in [1.29, 1.82) is 0 Å². The molecule has 0 aromatic heterocycles. The molecule has 0 aromatic rings. The van der Waals surface area contributed by atoms with Gasteiger partial charge in [-0.2, -0.15) is 0 Å². The number of rotatable bonds is 4. The van der Waals surface area contributed by atoms with Gasteiger partial charge in [-0.15, -0.1) is 24.0 Å². The maximum absolute atomic E-state index is 11.7. The van der Waals surface area contributed by atoms with Crippen LogP contribution < -0.4 is 5.32 Å². The number of nitrogens with one attached hydrogen (secondary N) is 1. The fourth-order valence-corrected chi connectivity index (χ4v) is 5.81. The number of halogens is 1. The summed E-state index contributed by atoms with van der Waals surface area (Å²) in [5.41, 5.74) is 0. The Morgan fingerprint density at radius 1 is 1.23 bits per heavy atom. The van der Waals surface area contributed by atoms with E-state index in [2.05, 4.69) is 24.1 Å². The minimum absolute atomic E-state index is 0. The van der Waals surface area contributed by atoms with Gasteiger partial charge in [0.25, 0.3) is 0 Å². The van der Waals surface area contributed by atoms with Crippen molar-refractivity contribution in [1.82, 2.24) is 10.2 Å². The van der Waals surface area contributed by atoms with E-state index in [1.165, 1.54) is 6.42 Å². The maximum Gasteiger partial charge on any atom is 0.194 e. The predicted octanol–water partition coefficient (Wildman–Crippen LogP) is 2.14. The van der Waals surface area contributed by atoms with Crippen LogP contribution in [0.1, 0.15) is 39.5 Å². The van der Waals surface area contributed by atoms with Crippen molar-refractivity contribution in [3.63, 3.8) is 0 Å². The zero-order chi connectivity index (χ0) is 17.9. The molecule has 4 unspecified atom stereocenters. The molecule has 0 aromatic carbocycles. The topological polar surface area (TPSA) is 71.0 Å². The van der Waals surface area contributed by atoms with E-state index < -0.39 is 9.84 Å². The van der Waals surface area contributed by atoms with Crippen molar-refractivity contribution in [3.8, 4) is 0 Å². The smallest absolute Gasteiger partial charge is 0.194 e. The lowest BCUT2D eigenvalue weighted by Gasteiger charge is -2.37. The second-order valence-electron chi connectivity index (χ2n) is 8.14. The summed E-state index contributed by atoms with van der Waals surface area (Å²) in [6, 6.07) is 0. The van der Waals surface area contributed by atoms with E-state index in [0.717, 1.165) is 57.4 Å². The van der Waals surface area contributed by atoms with E-state index in [4.69, 9.17) is 9.73 Å². The van der Waals surface area contributed by atoms with Gasteiger partial charge in [0.2, 0.25) is 0 Å². The lowest BCUT2D eigenvalue weighted by Crippen LogP contribution is -2.49. The standard InChI is InChI=1S/C18H33N3O3S.HI/c1-14-5-7-21(12-15(14)2)18(20-11-17-4-3-8-24-17)19-10-16-6-9-25(22,23)13-16;/h14-17H,3-13H2,1-2H3,(H,19,20);1H. The second kappa shape index (κ2) is 9.91. The van der Waals surface area contributed by atoms with Crippen molar-refractivity contribution in [3.05, 3.63) is 0 Å². The SMILES string of the molecule is CC1CCN(C(=NCC2CCS(=O)(=O)C2)NCC2CCCO2)CC1C.I. The van der Waals surface area contributed by atoms with E-state index in [9.17, 15) is 8.42 Å². The average Bonchev–Trinajstić information content (AvgIpc) is 3.20. The summed E-state index contributed by atoms with van der Waals surface area (Å²) >= 11 is 0. The van der Waals surface area contributed by atoms with E-state index in [-0.39, 0.29) is 36.0 Å². The van der Waals surface area contributed by atoms with Gasteiger partial charge in [0.15, 0.2) is 15.8 Å². The first kappa shape index (κ1) is 22.2. The predicted molar refractivity (Wildman–Crippen MR) is 116 cm³/mol. The van der Waals surface area contributed by atoms with Gasteiger partial charge in [-0.3, -0.25) is 4.99 Å². The summed E-state index contributed by atoms with van der Waals surface area (Å²) in [4.78, 5) is 7.18. The van der Waals surface area contributed by atoms with Crippen LogP contribution in [-0.2, 0) is 14.6 Å². The van der Waals surface area contributed by atoms with Gasteiger partial charge in [0, 0.05) is 32.8 Å². The Morgan fingerprint density at radius 2 is 2.04 bits per heavy atom. The molecule has 4 atom stereocenters. The molecule has 3 heterocycles. The Balaban J connectivity index is 0.00000243. The molecular weight excluding hydrogens is 465 g/mol. The average molecular weight is 499 g/mol. The van der Waals surface area contributed by atoms with Crippen molar-refractivity contribution in [2.45, 2.75) is 45.6 Å². The van der Waals surface area contributed by atoms with Crippen molar-refractivity contribution in [2.75, 3.05) is 44.3 Å². The first-order chi connectivity index (χ1) is 11.9. The van der Waals surface area contributed by atoms with Crippen LogP contribution in [0.5, 0.6) is 0 Å². The molecule has 0 bridgehead atoms. The number of hydrogen-bond acceptors (Lipinski definition) is 4. The van der Waals surface area contributed by atoms with Crippen molar-refractivity contribution in [2.24, 2.45) is 22.7 Å². The van der Waals surface area contributed by atoms with Crippen LogP contribution >= 0.6 is 24.0 Å². The lowest BCUT2D eigenvalue weighted by molar-refractivity contribution is 0.112. The Bertz CT molecular complexity index is 578. The van der Waals surface area contributed by atoms with E-state index >= 15 is 0 Å². The van der Waals surface area contributed by atoms with Crippen LogP contribution in [0.25, 0.3) is 0 Å². The molecule has 6 nitrogen and oxygen atoms in total. The number of ether oxygens (including phenoxy) is 1. The number of hydrogen-bond donors (Lipinski definition) is 1. The molecular formula is C18H34IN3O3S. The zero-order valence-electron chi connectivity index (χ0n) is 16.0. The number of sulfone groups is 1. The molecule has 3 aliphatic rings. The third-order valence-electron chi connectivity index (χ3n) is 5.97. The third kappa shape index (κ3) is 6.22. The highest BCUT2D eigenvalue weighted by Gasteiger charge is 2.29. The van der Waals surface area contributed by atoms with Gasteiger partial charge < -0.3 is 15.0 Å². The summed E-state index contributed by atoms with van der Waals surface area (Å²) in [5, 5.41) is 3.51. The second-order valence-corrected chi connectivity index (χ2v) is 10.4. The number of guanidine groups is 1. The van der Waals surface area contributed by atoms with Crippen LogP contribution in [0.15, 0.2) is 4.99 Å². The Morgan fingerprint density at radius 3 is 2.65 bits per heavy atom. The van der Waals surface area contributed by atoms with Gasteiger partial charge in [-0.25, -0.2) is 8.42 Å². The highest BCUT2D eigenvalue weighted by molar-refractivity contribution is 14.0. The summed E-state index contributed by atoms with van der Waals surface area (Å²) in [6.45, 7) is 8.92. The third-order valence-corrected chi connectivity index (χ3v) is 7.81. The molecule has 0 radical (unpaired) electrons. The van der Waals surface area contributed by atoms with Crippen LogP contribution in [0.2, 0.25) is 0 Å². The highest BCUT2D eigenvalue weighted by atomic mass is 127. The first-order valence-corrected chi connectivity index (χ1v) is 11.6. The van der Waals surface area contributed by atoms with Crippen LogP contribution in [0, 0.1) is 17.8 Å². The molecule has 0 amide bonds. The summed E-state index contributed by atoms with van der Waals surface area (Å²) in [7, 11) is -2.83. The largest absolute Gasteiger partial charge is 0.376 e. The number of nitrogens with zero attached hydrogens (tertiary/aromatic N) is 2. The van der Waals surface area contributed by atoms with Crippen LogP contribution in [0.4, 0.5) is 0 Å². The number of piperidine rings is 1. The summed E-state index contributed by atoms with van der Waals surface area (Å²) in [5.74, 6) is 3.13. The van der Waals surface area contributed by atoms with Gasteiger partial charge in [-0.05, 0) is 43.4 Å². The van der Waals surface area contributed by atoms with Crippen molar-refractivity contribution < 1.29 is 13.2 Å². The Labute approximate surface area is 175 Å². The molecule has 8 heteroatoms. The maximum atomic E-state index is 11.7. The zero-order valence-corrected chi connectivity index (χ0v) is 19.2. The van der Waals surface area contributed by atoms with E-state index in [1.54, 1.807) is 0 Å². The molecule has 3 aliphatic heterocycles. The van der Waals surface area contributed by atoms with E-state index in [0.29, 0.717) is 24.0 Å². The molecule has 3 rings (SSSR count). The Kier molecular flexibility index (Phi) is 8.46. The molecule has 152 valence electrons. The summed E-state index contributed by atoms with van der Waals surface area (Å²) < 4.78 is 29.1. The number of likely N-dealkylation sites (tertiary alicyclic amines) is 1. The minimum Gasteiger partial charge on any atom is -0.376 e. The van der Waals surface area contributed by atoms with E-state index in [1.807, 2.05) is 0 Å². The monoisotopic (exact) mass is 499 g/mol. The first-order valence-electron chi connectivity index (χ1n) is 9.78. The molecule has 1 N–H and O–H groups in total. The lowest BCUT2D eigenvalue weighted by atomic mass is 9.89. The Hall–Kier alpha value is -0.0900. The molecule has 0 aliphatic carbocycles. The molecule has 3 fully saturated rings. The number of aliphatic imine (C=N–C) groups is 1. The normalized spacial score (nSPS) is 34.5. The molecule has 0 spiro atoms. The highest BCUT2D eigenvalue weighted by Crippen LogP contribution is 2.23. The quantitative estimate of drug-likeness (QED) is 0.365. The molecule has 0 saturated carbocycles. The van der Waals surface area contributed by atoms with Crippen LogP contribution in [0.3, 0.4) is 0 Å². The fourth-order valence-electron chi connectivity index (χ4n) is 3.96. The fraction of sp³-hybridized carbons (Fsp3) is 0.944.